The molecule has 3 aromatic rings. The van der Waals surface area contributed by atoms with Crippen molar-refractivity contribution in [3.8, 4) is 10.6 Å². The zero-order chi connectivity index (χ0) is 20.1. The largest absolute Gasteiger partial charge is 0.300 e. The number of anilines is 1. The van der Waals surface area contributed by atoms with Gasteiger partial charge in [0.1, 0.15) is 5.01 Å². The Kier molecular flexibility index (Phi) is 6.18. The molecule has 2 N–H and O–H groups in total. The van der Waals surface area contributed by atoms with Crippen LogP contribution in [0, 0.1) is 13.8 Å². The molecule has 2 aromatic carbocycles. The molecule has 0 aliphatic rings. The van der Waals surface area contributed by atoms with E-state index in [1.807, 2.05) is 37.3 Å². The Morgan fingerprint density at radius 2 is 1.82 bits per heavy atom. The molecular weight excluding hydrogens is 396 g/mol. The number of aromatic nitrogens is 2. The highest BCUT2D eigenvalue weighted by atomic mass is 32.2. The first-order valence-corrected chi connectivity index (χ1v) is 10.9. The second kappa shape index (κ2) is 8.59. The first kappa shape index (κ1) is 20.1. The van der Waals surface area contributed by atoms with Crippen molar-refractivity contribution in [3.63, 3.8) is 0 Å². The number of carbonyl (C=O) groups excluding carboxylic acids is 1. The van der Waals surface area contributed by atoms with Crippen LogP contribution in [0.25, 0.3) is 10.6 Å². The van der Waals surface area contributed by atoms with E-state index in [1.54, 1.807) is 25.1 Å². The topological polar surface area (TPSA) is 101 Å². The lowest BCUT2D eigenvalue weighted by Gasteiger charge is -2.09. The standard InChI is InChI=1S/C19H20N4O3S2/c1-13-8-9-16(14(2)12-13)28(25,26)20-11-10-17(24)21-19-23-22-18(27-19)15-6-4-3-5-7-15/h3-9,12,20H,10-11H2,1-2H3,(H,21,23,24). The molecule has 0 aliphatic heterocycles. The van der Waals surface area contributed by atoms with Gasteiger partial charge in [-0.3, -0.25) is 4.79 Å². The van der Waals surface area contributed by atoms with Gasteiger partial charge < -0.3 is 5.32 Å². The van der Waals surface area contributed by atoms with Crippen LogP contribution in [0.4, 0.5) is 5.13 Å². The van der Waals surface area contributed by atoms with E-state index >= 15 is 0 Å². The molecule has 0 spiro atoms. The fourth-order valence-corrected chi connectivity index (χ4v) is 4.65. The molecule has 0 atom stereocenters. The van der Waals surface area contributed by atoms with Crippen LogP contribution in [0.5, 0.6) is 0 Å². The maximum absolute atomic E-state index is 12.4. The zero-order valence-corrected chi connectivity index (χ0v) is 17.1. The van der Waals surface area contributed by atoms with Crippen LogP contribution in [-0.2, 0) is 14.8 Å². The Morgan fingerprint density at radius 3 is 2.54 bits per heavy atom. The highest BCUT2D eigenvalue weighted by Gasteiger charge is 2.17. The van der Waals surface area contributed by atoms with E-state index in [0.29, 0.717) is 15.7 Å². The number of hydrogen-bond donors (Lipinski definition) is 2. The Bertz CT molecular complexity index is 1080. The molecular formula is C19H20N4O3S2. The number of nitrogens with one attached hydrogen (secondary N) is 2. The van der Waals surface area contributed by atoms with E-state index in [1.165, 1.54) is 11.3 Å². The third-order valence-corrected chi connectivity index (χ3v) is 6.47. The van der Waals surface area contributed by atoms with E-state index in [9.17, 15) is 13.2 Å². The zero-order valence-electron chi connectivity index (χ0n) is 15.5. The predicted molar refractivity (Wildman–Crippen MR) is 110 cm³/mol. The molecule has 0 saturated heterocycles. The average molecular weight is 417 g/mol. The van der Waals surface area contributed by atoms with Crippen molar-refractivity contribution in [3.05, 3.63) is 59.7 Å². The van der Waals surface area contributed by atoms with Gasteiger partial charge in [0.25, 0.3) is 0 Å². The summed E-state index contributed by atoms with van der Waals surface area (Å²) < 4.78 is 27.3. The average Bonchev–Trinajstić information content (AvgIpc) is 3.10. The van der Waals surface area contributed by atoms with Crippen molar-refractivity contribution in [2.24, 2.45) is 0 Å². The van der Waals surface area contributed by atoms with Crippen molar-refractivity contribution in [1.29, 1.82) is 0 Å². The number of carbonyl (C=O) groups is 1. The van der Waals surface area contributed by atoms with Gasteiger partial charge in [-0.1, -0.05) is 59.4 Å². The fourth-order valence-electron chi connectivity index (χ4n) is 2.63. The molecule has 9 heteroatoms. The van der Waals surface area contributed by atoms with Crippen LogP contribution in [-0.4, -0.2) is 31.1 Å². The van der Waals surface area contributed by atoms with Crippen LogP contribution >= 0.6 is 11.3 Å². The first-order chi connectivity index (χ1) is 13.3. The van der Waals surface area contributed by atoms with Crippen LogP contribution in [0.3, 0.4) is 0 Å². The number of hydrogen-bond acceptors (Lipinski definition) is 6. The summed E-state index contributed by atoms with van der Waals surface area (Å²) in [5.41, 5.74) is 2.57. The molecule has 0 aliphatic carbocycles. The van der Waals surface area contributed by atoms with Gasteiger partial charge in [0.2, 0.25) is 21.1 Å². The second-order valence-corrected chi connectivity index (χ2v) is 8.96. The van der Waals surface area contributed by atoms with E-state index in [4.69, 9.17) is 0 Å². The van der Waals surface area contributed by atoms with Gasteiger partial charge in [0, 0.05) is 18.5 Å². The van der Waals surface area contributed by atoms with Gasteiger partial charge in [-0.05, 0) is 25.5 Å². The Hall–Kier alpha value is -2.62. The monoisotopic (exact) mass is 416 g/mol. The number of sulfonamides is 1. The highest BCUT2D eigenvalue weighted by molar-refractivity contribution is 7.89. The minimum atomic E-state index is -3.66. The van der Waals surface area contributed by atoms with Gasteiger partial charge in [0.15, 0.2) is 0 Å². The summed E-state index contributed by atoms with van der Waals surface area (Å²) >= 11 is 1.26. The van der Waals surface area contributed by atoms with Crippen molar-refractivity contribution >= 4 is 32.4 Å². The van der Waals surface area contributed by atoms with Crippen molar-refractivity contribution in [2.45, 2.75) is 25.2 Å². The SMILES string of the molecule is Cc1ccc(S(=O)(=O)NCCC(=O)Nc2nnc(-c3ccccc3)s2)c(C)c1. The van der Waals surface area contributed by atoms with Crippen molar-refractivity contribution in [2.75, 3.05) is 11.9 Å². The molecule has 1 heterocycles. The number of nitrogens with zero attached hydrogens (tertiary/aromatic N) is 2. The summed E-state index contributed by atoms with van der Waals surface area (Å²) in [6, 6.07) is 14.6. The van der Waals surface area contributed by atoms with E-state index in [-0.39, 0.29) is 23.8 Å². The van der Waals surface area contributed by atoms with Gasteiger partial charge in [-0.25, -0.2) is 13.1 Å². The van der Waals surface area contributed by atoms with E-state index in [2.05, 4.69) is 20.2 Å². The molecule has 1 amide bonds. The van der Waals surface area contributed by atoms with Crippen LogP contribution in [0.2, 0.25) is 0 Å². The Labute approximate surface area is 167 Å². The molecule has 7 nitrogen and oxygen atoms in total. The predicted octanol–water partition coefficient (Wildman–Crippen LogP) is 3.13. The molecule has 0 fully saturated rings. The lowest BCUT2D eigenvalue weighted by molar-refractivity contribution is -0.116. The van der Waals surface area contributed by atoms with Gasteiger partial charge in [-0.2, -0.15) is 0 Å². The third-order valence-electron chi connectivity index (χ3n) is 3.96. The van der Waals surface area contributed by atoms with Crippen LogP contribution < -0.4 is 10.0 Å². The lowest BCUT2D eigenvalue weighted by Crippen LogP contribution is -2.28. The molecule has 3 rings (SSSR count). The molecule has 1 aromatic heterocycles. The van der Waals surface area contributed by atoms with Gasteiger partial charge in [0.05, 0.1) is 4.90 Å². The van der Waals surface area contributed by atoms with Crippen LogP contribution in [0.1, 0.15) is 17.5 Å². The summed E-state index contributed by atoms with van der Waals surface area (Å²) in [6.45, 7) is 3.64. The van der Waals surface area contributed by atoms with Crippen molar-refractivity contribution < 1.29 is 13.2 Å². The van der Waals surface area contributed by atoms with E-state index in [0.717, 1.165) is 11.1 Å². The first-order valence-electron chi connectivity index (χ1n) is 8.61. The molecule has 146 valence electrons. The Balaban J connectivity index is 1.54. The quantitative estimate of drug-likeness (QED) is 0.616. The molecule has 0 bridgehead atoms. The second-order valence-electron chi connectivity index (χ2n) is 6.24. The molecule has 28 heavy (non-hydrogen) atoms. The lowest BCUT2D eigenvalue weighted by atomic mass is 10.2. The number of rotatable bonds is 7. The minimum absolute atomic E-state index is 0.00811. The normalized spacial score (nSPS) is 11.4. The minimum Gasteiger partial charge on any atom is -0.300 e. The number of amides is 1. The molecule has 0 radical (unpaired) electrons. The van der Waals surface area contributed by atoms with Gasteiger partial charge >= 0.3 is 0 Å². The third kappa shape index (κ3) is 5.00. The maximum atomic E-state index is 12.4. The summed E-state index contributed by atoms with van der Waals surface area (Å²) in [5.74, 6) is -0.334. The maximum Gasteiger partial charge on any atom is 0.240 e. The summed E-state index contributed by atoms with van der Waals surface area (Å²) in [4.78, 5) is 12.3. The summed E-state index contributed by atoms with van der Waals surface area (Å²) in [5, 5.41) is 11.7. The fraction of sp³-hybridized carbons (Fsp3) is 0.211. The summed E-state index contributed by atoms with van der Waals surface area (Å²) in [6.07, 6.45) is -0.00953. The highest BCUT2D eigenvalue weighted by Crippen LogP contribution is 2.25. The van der Waals surface area contributed by atoms with Crippen molar-refractivity contribution in [1.82, 2.24) is 14.9 Å². The van der Waals surface area contributed by atoms with Crippen LogP contribution in [0.15, 0.2) is 53.4 Å². The number of benzene rings is 2. The molecule has 0 unspecified atom stereocenters. The Morgan fingerprint density at radius 1 is 1.07 bits per heavy atom. The smallest absolute Gasteiger partial charge is 0.240 e. The van der Waals surface area contributed by atoms with Gasteiger partial charge in [-0.15, -0.1) is 10.2 Å². The summed E-state index contributed by atoms with van der Waals surface area (Å²) in [7, 11) is -3.66. The van der Waals surface area contributed by atoms with E-state index < -0.39 is 10.0 Å². The number of aryl methyl sites for hydroxylation is 2. The molecule has 0 saturated carbocycles.